The third kappa shape index (κ3) is 16.8. The second kappa shape index (κ2) is 19.1. The molecule has 0 radical (unpaired) electrons. The van der Waals surface area contributed by atoms with Gasteiger partial charge in [-0.1, -0.05) is 63.8 Å². The van der Waals surface area contributed by atoms with Crippen molar-refractivity contribution in [3.63, 3.8) is 0 Å². The maximum Gasteiger partial charge on any atom is 0.0670 e. The van der Waals surface area contributed by atoms with Crippen molar-refractivity contribution in [3.8, 4) is 0 Å². The zero-order valence-electron chi connectivity index (χ0n) is 17.2. The van der Waals surface area contributed by atoms with Crippen molar-refractivity contribution in [2.45, 2.75) is 90.3 Å². The van der Waals surface area contributed by atoms with Gasteiger partial charge in [0.1, 0.15) is 0 Å². The Labute approximate surface area is 161 Å². The quantitative estimate of drug-likeness (QED) is 0.252. The monoisotopic (exact) mass is 369 g/mol. The third-order valence-corrected chi connectivity index (χ3v) is 4.47. The minimum atomic E-state index is -0.418. The fourth-order valence-corrected chi connectivity index (χ4v) is 2.87. The zero-order chi connectivity index (χ0) is 19.5. The van der Waals surface area contributed by atoms with Crippen LogP contribution >= 0.6 is 0 Å². The predicted octanol–water partition coefficient (Wildman–Crippen LogP) is 4.06. The molecule has 3 N–H and O–H groups in total. The average molecular weight is 370 g/mol. The van der Waals surface area contributed by atoms with Gasteiger partial charge in [-0.15, -0.1) is 0 Å². The smallest absolute Gasteiger partial charge is 0.0670 e. The van der Waals surface area contributed by atoms with Crippen molar-refractivity contribution < 1.29 is 15.3 Å². The second-order valence-electron chi connectivity index (χ2n) is 7.17. The minimum Gasteiger partial charge on any atom is -0.395 e. The van der Waals surface area contributed by atoms with Crippen LogP contribution in [0.3, 0.4) is 0 Å². The Balaban J connectivity index is 4.01. The lowest BCUT2D eigenvalue weighted by Gasteiger charge is -2.26. The summed E-state index contributed by atoms with van der Waals surface area (Å²) < 4.78 is 0. The van der Waals surface area contributed by atoms with Gasteiger partial charge in [-0.25, -0.2) is 0 Å². The van der Waals surface area contributed by atoms with E-state index < -0.39 is 12.2 Å². The number of allylic oxidation sites excluding steroid dienone is 4. The maximum atomic E-state index is 10.2. The molecule has 4 heteroatoms. The standard InChI is InChI=1S/C22H43NO3/c1-3-5-7-9-11-13-15-21(25)19-23(17-18-24)20-22(26)16-14-12-10-8-6-4-2/h9-12,21-22,24-26H,3-8,13-20H2,1-2H3/b11-9+,12-10+. The van der Waals surface area contributed by atoms with E-state index in [4.69, 9.17) is 0 Å². The number of rotatable bonds is 18. The molecule has 0 fully saturated rings. The van der Waals surface area contributed by atoms with Gasteiger partial charge in [-0.3, -0.25) is 4.90 Å². The number of aliphatic hydroxyl groups excluding tert-OH is 3. The molecule has 2 atom stereocenters. The Morgan fingerprint density at radius 3 is 1.54 bits per heavy atom. The molecule has 0 rings (SSSR count). The van der Waals surface area contributed by atoms with E-state index >= 15 is 0 Å². The van der Waals surface area contributed by atoms with Gasteiger partial charge >= 0.3 is 0 Å². The molecule has 0 aliphatic heterocycles. The van der Waals surface area contributed by atoms with Gasteiger partial charge in [0, 0.05) is 19.6 Å². The molecule has 0 aromatic rings. The van der Waals surface area contributed by atoms with E-state index in [0.29, 0.717) is 19.6 Å². The lowest BCUT2D eigenvalue weighted by Crippen LogP contribution is -2.39. The van der Waals surface area contributed by atoms with Crippen LogP contribution in [0.1, 0.15) is 78.1 Å². The van der Waals surface area contributed by atoms with Gasteiger partial charge < -0.3 is 15.3 Å². The van der Waals surface area contributed by atoms with Crippen LogP contribution in [-0.2, 0) is 0 Å². The summed E-state index contributed by atoms with van der Waals surface area (Å²) in [4.78, 5) is 1.97. The molecule has 2 unspecified atom stereocenters. The highest BCUT2D eigenvalue weighted by atomic mass is 16.3. The van der Waals surface area contributed by atoms with E-state index in [1.54, 1.807) is 0 Å². The second-order valence-corrected chi connectivity index (χ2v) is 7.17. The SMILES string of the molecule is CCCC/C=C/CCC(O)CN(CCO)CC(O)CC/C=C/CCCC. The molecule has 0 aromatic carbocycles. The molecule has 4 nitrogen and oxygen atoms in total. The van der Waals surface area contributed by atoms with Crippen LogP contribution < -0.4 is 0 Å². The summed E-state index contributed by atoms with van der Waals surface area (Å²) >= 11 is 0. The summed E-state index contributed by atoms with van der Waals surface area (Å²) in [7, 11) is 0. The molecule has 0 heterocycles. The summed E-state index contributed by atoms with van der Waals surface area (Å²) in [5.74, 6) is 0. The molecule has 0 spiro atoms. The first-order valence-electron chi connectivity index (χ1n) is 10.6. The number of hydrogen-bond donors (Lipinski definition) is 3. The van der Waals surface area contributed by atoms with E-state index in [9.17, 15) is 15.3 Å². The molecule has 0 aliphatic carbocycles. The normalized spacial score (nSPS) is 14.7. The first-order chi connectivity index (χ1) is 12.6. The molecular formula is C22H43NO3. The summed E-state index contributed by atoms with van der Waals surface area (Å²) in [5.41, 5.74) is 0. The van der Waals surface area contributed by atoms with Crippen molar-refractivity contribution in [1.29, 1.82) is 0 Å². The van der Waals surface area contributed by atoms with E-state index in [-0.39, 0.29) is 6.61 Å². The Morgan fingerprint density at radius 2 is 1.15 bits per heavy atom. The summed E-state index contributed by atoms with van der Waals surface area (Å²) in [5, 5.41) is 29.6. The van der Waals surface area contributed by atoms with Crippen LogP contribution in [0.4, 0.5) is 0 Å². The predicted molar refractivity (Wildman–Crippen MR) is 111 cm³/mol. The van der Waals surface area contributed by atoms with Gasteiger partial charge in [0.05, 0.1) is 18.8 Å². The van der Waals surface area contributed by atoms with Crippen LogP contribution in [0, 0.1) is 0 Å². The van der Waals surface area contributed by atoms with Crippen LogP contribution in [-0.4, -0.2) is 58.7 Å². The topological polar surface area (TPSA) is 63.9 Å². The van der Waals surface area contributed by atoms with Crippen molar-refractivity contribution in [1.82, 2.24) is 4.90 Å². The van der Waals surface area contributed by atoms with Gasteiger partial charge in [0.2, 0.25) is 0 Å². The van der Waals surface area contributed by atoms with Crippen LogP contribution in [0.25, 0.3) is 0 Å². The molecule has 0 aliphatic rings. The highest BCUT2D eigenvalue weighted by Crippen LogP contribution is 2.07. The fraction of sp³-hybridized carbons (Fsp3) is 0.818. The number of unbranched alkanes of at least 4 members (excludes halogenated alkanes) is 4. The molecular weight excluding hydrogens is 326 g/mol. The van der Waals surface area contributed by atoms with Crippen LogP contribution in [0.15, 0.2) is 24.3 Å². The van der Waals surface area contributed by atoms with Gasteiger partial charge in [0.25, 0.3) is 0 Å². The maximum absolute atomic E-state index is 10.2. The third-order valence-electron chi connectivity index (χ3n) is 4.47. The first-order valence-corrected chi connectivity index (χ1v) is 10.6. The lowest BCUT2D eigenvalue weighted by molar-refractivity contribution is 0.0544. The Hall–Kier alpha value is -0.680. The molecule has 0 bridgehead atoms. The van der Waals surface area contributed by atoms with Crippen molar-refractivity contribution in [3.05, 3.63) is 24.3 Å². The minimum absolute atomic E-state index is 0.0489. The number of hydrogen-bond acceptors (Lipinski definition) is 4. The summed E-state index contributed by atoms with van der Waals surface area (Å²) in [6, 6.07) is 0. The Kier molecular flexibility index (Phi) is 18.6. The van der Waals surface area contributed by atoms with E-state index in [2.05, 4.69) is 38.2 Å². The molecule has 154 valence electrons. The van der Waals surface area contributed by atoms with Crippen molar-refractivity contribution in [2.75, 3.05) is 26.2 Å². The molecule has 0 saturated heterocycles. The summed E-state index contributed by atoms with van der Waals surface area (Å²) in [6.07, 6.45) is 18.1. The van der Waals surface area contributed by atoms with Gasteiger partial charge in [-0.2, -0.15) is 0 Å². The zero-order valence-corrected chi connectivity index (χ0v) is 17.2. The van der Waals surface area contributed by atoms with E-state index in [0.717, 1.165) is 38.5 Å². The Bertz CT molecular complexity index is 314. The average Bonchev–Trinajstić information content (AvgIpc) is 2.61. The highest BCUT2D eigenvalue weighted by molar-refractivity contribution is 4.84. The largest absolute Gasteiger partial charge is 0.395 e. The van der Waals surface area contributed by atoms with Gasteiger partial charge in [-0.05, 0) is 38.5 Å². The number of nitrogens with zero attached hydrogens (tertiary/aromatic N) is 1. The molecule has 0 amide bonds. The molecule has 0 aromatic heterocycles. The first kappa shape index (κ1) is 25.3. The summed E-state index contributed by atoms with van der Waals surface area (Å²) in [6.45, 7) is 5.93. The fourth-order valence-electron chi connectivity index (χ4n) is 2.87. The van der Waals surface area contributed by atoms with Crippen LogP contribution in [0.2, 0.25) is 0 Å². The number of aliphatic hydroxyl groups is 3. The Morgan fingerprint density at radius 1 is 0.731 bits per heavy atom. The van der Waals surface area contributed by atoms with Crippen molar-refractivity contribution in [2.24, 2.45) is 0 Å². The highest BCUT2D eigenvalue weighted by Gasteiger charge is 2.14. The van der Waals surface area contributed by atoms with Gasteiger partial charge in [0.15, 0.2) is 0 Å². The molecule has 26 heavy (non-hydrogen) atoms. The van der Waals surface area contributed by atoms with E-state index in [1.807, 2.05) is 4.90 Å². The lowest BCUT2D eigenvalue weighted by atomic mass is 10.1. The molecule has 0 saturated carbocycles. The van der Waals surface area contributed by atoms with E-state index in [1.165, 1.54) is 25.7 Å². The van der Waals surface area contributed by atoms with Crippen molar-refractivity contribution >= 4 is 0 Å². The van der Waals surface area contributed by atoms with Crippen LogP contribution in [0.5, 0.6) is 0 Å².